The summed E-state index contributed by atoms with van der Waals surface area (Å²) in [5.74, 6) is 2.40. The first-order valence-electron chi connectivity index (χ1n) is 9.75. The largest absolute Gasteiger partial charge is 0.396 e. The maximum atomic E-state index is 12.2. The Hall–Kier alpha value is -0.960. The SMILES string of the molecule is CC(=O)[C@H]1CC[C@H]2[C@@H]3CC=C4CC(=O)CC[C@]4(C)[C@H]3CC[C@]12CO. The number of allylic oxidation sites excluding steroid dienone is 2. The van der Waals surface area contributed by atoms with E-state index >= 15 is 0 Å². The van der Waals surface area contributed by atoms with E-state index in [-0.39, 0.29) is 29.1 Å². The molecular weight excluding hydrogens is 300 g/mol. The van der Waals surface area contributed by atoms with Gasteiger partial charge in [-0.3, -0.25) is 9.59 Å². The van der Waals surface area contributed by atoms with E-state index in [1.165, 1.54) is 5.57 Å². The van der Waals surface area contributed by atoms with Crippen molar-refractivity contribution in [3.8, 4) is 0 Å². The fourth-order valence-corrected chi connectivity index (χ4v) is 7.20. The third kappa shape index (κ3) is 2.06. The van der Waals surface area contributed by atoms with Crippen LogP contribution in [0.25, 0.3) is 0 Å². The molecule has 0 unspecified atom stereocenters. The highest BCUT2D eigenvalue weighted by molar-refractivity contribution is 5.82. The molecule has 6 atom stereocenters. The van der Waals surface area contributed by atoms with Crippen LogP contribution in [0.3, 0.4) is 0 Å². The molecule has 0 amide bonds. The Morgan fingerprint density at radius 2 is 2.04 bits per heavy atom. The number of carbonyl (C=O) groups is 2. The lowest BCUT2D eigenvalue weighted by Gasteiger charge is -2.57. The lowest BCUT2D eigenvalue weighted by atomic mass is 9.47. The molecular formula is C21H30O3. The van der Waals surface area contributed by atoms with E-state index in [1.54, 1.807) is 6.92 Å². The Kier molecular flexibility index (Phi) is 3.80. The van der Waals surface area contributed by atoms with Gasteiger partial charge in [0.25, 0.3) is 0 Å². The molecule has 24 heavy (non-hydrogen) atoms. The molecule has 0 bridgehead atoms. The smallest absolute Gasteiger partial charge is 0.136 e. The summed E-state index contributed by atoms with van der Waals surface area (Å²) in [6.07, 6.45) is 9.90. The average Bonchev–Trinajstić information content (AvgIpc) is 2.95. The van der Waals surface area contributed by atoms with Crippen LogP contribution in [-0.2, 0) is 9.59 Å². The van der Waals surface area contributed by atoms with E-state index in [4.69, 9.17) is 0 Å². The number of hydrogen-bond acceptors (Lipinski definition) is 3. The molecule has 4 rings (SSSR count). The van der Waals surface area contributed by atoms with Crippen molar-refractivity contribution in [2.75, 3.05) is 6.61 Å². The standard InChI is InChI=1S/C21H30O3/c1-13(23)17-5-6-19-16-4-3-14-11-15(24)7-9-20(14,2)18(16)8-10-21(17,19)12-22/h3,16-19,22H,4-12H2,1-2H3/t16-,17-,18+,19+,20+,21+/m1/s1. The van der Waals surface area contributed by atoms with Gasteiger partial charge in [-0.1, -0.05) is 18.6 Å². The molecule has 0 aromatic heterocycles. The quantitative estimate of drug-likeness (QED) is 0.786. The molecule has 132 valence electrons. The van der Waals surface area contributed by atoms with Crippen LogP contribution in [0.5, 0.6) is 0 Å². The molecule has 0 spiro atoms. The molecule has 0 aliphatic heterocycles. The van der Waals surface area contributed by atoms with Crippen molar-refractivity contribution >= 4 is 11.6 Å². The highest BCUT2D eigenvalue weighted by Crippen LogP contribution is 2.66. The molecule has 0 aromatic rings. The zero-order valence-corrected chi connectivity index (χ0v) is 15.0. The second-order valence-corrected chi connectivity index (χ2v) is 9.15. The Bertz CT molecular complexity index is 606. The van der Waals surface area contributed by atoms with Gasteiger partial charge in [0.05, 0.1) is 0 Å². The number of rotatable bonds is 2. The summed E-state index contributed by atoms with van der Waals surface area (Å²) in [5, 5.41) is 10.3. The maximum absolute atomic E-state index is 12.2. The Morgan fingerprint density at radius 3 is 2.75 bits per heavy atom. The van der Waals surface area contributed by atoms with Crippen LogP contribution in [0.2, 0.25) is 0 Å². The van der Waals surface area contributed by atoms with E-state index in [1.807, 2.05) is 0 Å². The first kappa shape index (κ1) is 16.5. The van der Waals surface area contributed by atoms with Crippen LogP contribution in [0.15, 0.2) is 11.6 Å². The topological polar surface area (TPSA) is 54.4 Å². The van der Waals surface area contributed by atoms with E-state index < -0.39 is 0 Å². The van der Waals surface area contributed by atoms with E-state index in [9.17, 15) is 14.7 Å². The molecule has 0 aromatic carbocycles. The molecule has 0 saturated heterocycles. The van der Waals surface area contributed by atoms with Gasteiger partial charge in [0.1, 0.15) is 11.6 Å². The Labute approximate surface area is 144 Å². The molecule has 3 nitrogen and oxygen atoms in total. The summed E-state index contributed by atoms with van der Waals surface area (Å²) >= 11 is 0. The van der Waals surface area contributed by atoms with E-state index in [0.717, 1.165) is 44.9 Å². The summed E-state index contributed by atoms with van der Waals surface area (Å²) < 4.78 is 0. The summed E-state index contributed by atoms with van der Waals surface area (Å²) in [4.78, 5) is 24.1. The monoisotopic (exact) mass is 330 g/mol. The van der Waals surface area contributed by atoms with Crippen molar-refractivity contribution in [1.29, 1.82) is 0 Å². The number of aliphatic hydroxyl groups excluding tert-OH is 1. The number of Topliss-reactive ketones (excluding diaryl/α,β-unsaturated/α-hetero) is 2. The third-order valence-corrected chi connectivity index (χ3v) is 8.44. The van der Waals surface area contributed by atoms with Crippen LogP contribution in [0.4, 0.5) is 0 Å². The third-order valence-electron chi connectivity index (χ3n) is 8.44. The highest BCUT2D eigenvalue weighted by atomic mass is 16.3. The molecule has 3 heteroatoms. The summed E-state index contributed by atoms with van der Waals surface area (Å²) in [5.41, 5.74) is 1.39. The molecule has 3 saturated carbocycles. The molecule has 4 aliphatic carbocycles. The van der Waals surface area contributed by atoms with Crippen LogP contribution in [0, 0.1) is 34.5 Å². The van der Waals surface area contributed by atoms with Gasteiger partial charge in [-0.25, -0.2) is 0 Å². The zero-order valence-electron chi connectivity index (χ0n) is 15.0. The molecule has 0 radical (unpaired) electrons. The fourth-order valence-electron chi connectivity index (χ4n) is 7.20. The molecule has 1 N–H and O–H groups in total. The van der Waals surface area contributed by atoms with Gasteiger partial charge >= 0.3 is 0 Å². The number of fused-ring (bicyclic) bond motifs is 5. The van der Waals surface area contributed by atoms with Crippen molar-refractivity contribution in [1.82, 2.24) is 0 Å². The van der Waals surface area contributed by atoms with Crippen molar-refractivity contribution in [3.05, 3.63) is 11.6 Å². The zero-order chi connectivity index (χ0) is 17.1. The summed E-state index contributed by atoms with van der Waals surface area (Å²) in [6, 6.07) is 0. The minimum absolute atomic E-state index is 0.0552. The highest BCUT2D eigenvalue weighted by Gasteiger charge is 2.61. The van der Waals surface area contributed by atoms with Crippen molar-refractivity contribution in [2.45, 2.75) is 65.2 Å². The lowest BCUT2D eigenvalue weighted by Crippen LogP contribution is -2.52. The fraction of sp³-hybridized carbons (Fsp3) is 0.810. The van der Waals surface area contributed by atoms with Gasteiger partial charge < -0.3 is 5.11 Å². The Morgan fingerprint density at radius 1 is 1.25 bits per heavy atom. The lowest BCUT2D eigenvalue weighted by molar-refractivity contribution is -0.133. The van der Waals surface area contributed by atoms with Crippen LogP contribution in [0.1, 0.15) is 65.2 Å². The van der Waals surface area contributed by atoms with Gasteiger partial charge in [-0.2, -0.15) is 0 Å². The second-order valence-electron chi connectivity index (χ2n) is 9.15. The minimum Gasteiger partial charge on any atom is -0.396 e. The van der Waals surface area contributed by atoms with Crippen LogP contribution < -0.4 is 0 Å². The van der Waals surface area contributed by atoms with Crippen molar-refractivity contribution < 1.29 is 14.7 Å². The first-order valence-corrected chi connectivity index (χ1v) is 9.75. The van der Waals surface area contributed by atoms with Gasteiger partial charge in [-0.15, -0.1) is 0 Å². The van der Waals surface area contributed by atoms with Gasteiger partial charge in [-0.05, 0) is 68.6 Å². The van der Waals surface area contributed by atoms with Crippen LogP contribution in [-0.4, -0.2) is 23.3 Å². The maximum Gasteiger partial charge on any atom is 0.136 e. The summed E-state index contributed by atoms with van der Waals surface area (Å²) in [6.45, 7) is 4.26. The normalized spacial score (nSPS) is 47.5. The summed E-state index contributed by atoms with van der Waals surface area (Å²) in [7, 11) is 0. The second kappa shape index (κ2) is 5.52. The van der Waals surface area contributed by atoms with Crippen LogP contribution >= 0.6 is 0 Å². The average molecular weight is 330 g/mol. The number of aliphatic hydroxyl groups is 1. The number of carbonyl (C=O) groups excluding carboxylic acids is 2. The number of hydrogen-bond donors (Lipinski definition) is 1. The molecule has 4 aliphatic rings. The van der Waals surface area contributed by atoms with Crippen molar-refractivity contribution in [3.63, 3.8) is 0 Å². The Balaban J connectivity index is 1.69. The predicted molar refractivity (Wildman–Crippen MR) is 92.3 cm³/mol. The first-order chi connectivity index (χ1) is 11.4. The van der Waals surface area contributed by atoms with Gasteiger partial charge in [0.15, 0.2) is 0 Å². The van der Waals surface area contributed by atoms with E-state index in [2.05, 4.69) is 13.0 Å². The van der Waals surface area contributed by atoms with Gasteiger partial charge in [0, 0.05) is 30.8 Å². The number of ketones is 2. The van der Waals surface area contributed by atoms with Gasteiger partial charge in [0.2, 0.25) is 0 Å². The molecule has 0 heterocycles. The molecule has 3 fully saturated rings. The minimum atomic E-state index is -0.167. The van der Waals surface area contributed by atoms with E-state index in [0.29, 0.717) is 30.0 Å². The predicted octanol–water partition coefficient (Wildman–Crippen LogP) is 3.70. The van der Waals surface area contributed by atoms with Crippen molar-refractivity contribution in [2.24, 2.45) is 34.5 Å².